The maximum atomic E-state index is 14.1. The molecule has 1 unspecified atom stereocenters. The molecule has 7 rings (SSSR count). The minimum Gasteiger partial charge on any atom is -0.503 e. The number of carbonyl (C=O) groups is 2. The third-order valence-electron chi connectivity index (χ3n) is 7.37. The van der Waals surface area contributed by atoms with Crippen LogP contribution in [0.4, 0.5) is 5.13 Å². The summed E-state index contributed by atoms with van der Waals surface area (Å²) in [7, 11) is 1.51. The number of furan rings is 1. The van der Waals surface area contributed by atoms with Gasteiger partial charge in [-0.2, -0.15) is 0 Å². The van der Waals surface area contributed by atoms with Crippen molar-refractivity contribution < 1.29 is 28.6 Å². The van der Waals surface area contributed by atoms with Gasteiger partial charge in [-0.05, 0) is 53.6 Å². The Labute approximate surface area is 260 Å². The smallest absolute Gasteiger partial charge is 0.296 e. The number of ether oxygens (including phenoxy) is 2. The van der Waals surface area contributed by atoms with Gasteiger partial charge in [-0.25, -0.2) is 4.98 Å². The van der Waals surface area contributed by atoms with Gasteiger partial charge in [0.05, 0.1) is 28.9 Å². The standard InChI is InChI=1S/C34H23ClN2O6S/c1-41-25-12-6-10-21-16-26(43-32(21)25)30(38)28-29(20-9-5-11-23(15-20)42-18-19-7-3-2-4-8-19)37(33(40)31(28)39)34-36-24-14-13-22(35)17-27(24)44-34/h2-17,29,39H,18H2,1H3. The molecule has 0 bridgehead atoms. The summed E-state index contributed by atoms with van der Waals surface area (Å²) in [5.74, 6) is -1.13. The molecule has 0 aliphatic carbocycles. The molecule has 0 fully saturated rings. The van der Waals surface area contributed by atoms with Gasteiger partial charge in [-0.15, -0.1) is 0 Å². The Hall–Kier alpha value is -5.12. The van der Waals surface area contributed by atoms with Gasteiger partial charge in [0.1, 0.15) is 12.4 Å². The summed E-state index contributed by atoms with van der Waals surface area (Å²) in [4.78, 5) is 33.9. The Morgan fingerprint density at radius 1 is 1.02 bits per heavy atom. The van der Waals surface area contributed by atoms with E-state index in [4.69, 9.17) is 25.5 Å². The molecule has 1 aliphatic rings. The molecular formula is C34H23ClN2O6S. The predicted molar refractivity (Wildman–Crippen MR) is 169 cm³/mol. The van der Waals surface area contributed by atoms with Crippen LogP contribution < -0.4 is 14.4 Å². The van der Waals surface area contributed by atoms with Crippen LogP contribution in [0.5, 0.6) is 11.5 Å². The van der Waals surface area contributed by atoms with Crippen LogP contribution in [0.1, 0.15) is 27.7 Å². The highest BCUT2D eigenvalue weighted by atomic mass is 35.5. The summed E-state index contributed by atoms with van der Waals surface area (Å²) >= 11 is 7.45. The lowest BCUT2D eigenvalue weighted by Gasteiger charge is -2.24. The number of aliphatic hydroxyl groups is 1. The van der Waals surface area contributed by atoms with Crippen molar-refractivity contribution in [2.75, 3.05) is 12.0 Å². The van der Waals surface area contributed by atoms with Crippen LogP contribution in [-0.4, -0.2) is 28.9 Å². The fourth-order valence-electron chi connectivity index (χ4n) is 5.30. The normalized spacial score (nSPS) is 15.0. The highest BCUT2D eigenvalue weighted by Crippen LogP contribution is 2.45. The Balaban J connectivity index is 1.33. The maximum Gasteiger partial charge on any atom is 0.296 e. The minimum absolute atomic E-state index is 0.0433. The average Bonchev–Trinajstić information content (AvgIpc) is 3.74. The van der Waals surface area contributed by atoms with Crippen molar-refractivity contribution in [1.29, 1.82) is 0 Å². The van der Waals surface area contributed by atoms with Gasteiger partial charge in [0.15, 0.2) is 28.0 Å². The first-order chi connectivity index (χ1) is 21.4. The number of aromatic nitrogens is 1. The molecule has 44 heavy (non-hydrogen) atoms. The summed E-state index contributed by atoms with van der Waals surface area (Å²) in [6, 6.07) is 27.9. The molecule has 0 saturated heterocycles. The maximum absolute atomic E-state index is 14.1. The zero-order valence-corrected chi connectivity index (χ0v) is 24.8. The third-order valence-corrected chi connectivity index (χ3v) is 8.62. The number of amides is 1. The average molecular weight is 623 g/mol. The lowest BCUT2D eigenvalue weighted by atomic mass is 9.95. The predicted octanol–water partition coefficient (Wildman–Crippen LogP) is 8.07. The lowest BCUT2D eigenvalue weighted by Crippen LogP contribution is -2.31. The molecular weight excluding hydrogens is 600 g/mol. The molecule has 1 amide bonds. The number of ketones is 1. The number of anilines is 1. The second-order valence-corrected chi connectivity index (χ2v) is 11.6. The molecule has 1 atom stereocenters. The zero-order valence-electron chi connectivity index (χ0n) is 23.2. The number of para-hydroxylation sites is 1. The van der Waals surface area contributed by atoms with E-state index in [-0.39, 0.29) is 11.3 Å². The molecule has 10 heteroatoms. The monoisotopic (exact) mass is 622 g/mol. The topological polar surface area (TPSA) is 102 Å². The number of carbonyl (C=O) groups excluding carboxylic acids is 2. The molecule has 0 saturated carbocycles. The molecule has 3 heterocycles. The van der Waals surface area contributed by atoms with Crippen LogP contribution in [0.3, 0.4) is 0 Å². The van der Waals surface area contributed by atoms with E-state index in [9.17, 15) is 14.7 Å². The number of rotatable bonds is 8. The van der Waals surface area contributed by atoms with E-state index in [0.717, 1.165) is 10.3 Å². The number of hydrogen-bond donors (Lipinski definition) is 1. The number of fused-ring (bicyclic) bond motifs is 2. The number of aliphatic hydroxyl groups excluding tert-OH is 1. The van der Waals surface area contributed by atoms with E-state index in [0.29, 0.717) is 50.3 Å². The number of benzene rings is 4. The van der Waals surface area contributed by atoms with E-state index in [2.05, 4.69) is 4.98 Å². The van der Waals surface area contributed by atoms with Crippen molar-refractivity contribution in [3.63, 3.8) is 0 Å². The number of Topliss-reactive ketones (excluding diaryl/α,β-unsaturated/α-hetero) is 1. The highest BCUT2D eigenvalue weighted by Gasteiger charge is 2.46. The minimum atomic E-state index is -1.03. The molecule has 1 N–H and O–H groups in total. The quantitative estimate of drug-likeness (QED) is 0.171. The van der Waals surface area contributed by atoms with E-state index >= 15 is 0 Å². The molecule has 1 aliphatic heterocycles. The van der Waals surface area contributed by atoms with Crippen molar-refractivity contribution in [2.45, 2.75) is 12.6 Å². The molecule has 0 spiro atoms. The summed E-state index contributed by atoms with van der Waals surface area (Å²) < 4.78 is 18.2. The van der Waals surface area contributed by atoms with Crippen LogP contribution in [0.15, 0.2) is 113 Å². The summed E-state index contributed by atoms with van der Waals surface area (Å²) in [6.45, 7) is 0.323. The third kappa shape index (κ3) is 4.86. The first-order valence-corrected chi connectivity index (χ1v) is 14.8. The fraction of sp³-hybridized carbons (Fsp3) is 0.0882. The second kappa shape index (κ2) is 11.2. The fourth-order valence-corrected chi connectivity index (χ4v) is 6.56. The number of halogens is 1. The lowest BCUT2D eigenvalue weighted by molar-refractivity contribution is -0.117. The van der Waals surface area contributed by atoms with E-state index < -0.39 is 23.5 Å². The van der Waals surface area contributed by atoms with Gasteiger partial charge in [0.2, 0.25) is 5.78 Å². The van der Waals surface area contributed by atoms with Crippen molar-refractivity contribution in [1.82, 2.24) is 4.98 Å². The van der Waals surface area contributed by atoms with E-state index in [1.54, 1.807) is 66.7 Å². The van der Waals surface area contributed by atoms with Crippen LogP contribution in [0, 0.1) is 0 Å². The SMILES string of the molecule is COc1cccc2cc(C(=O)C3=C(O)C(=O)N(c4nc5ccc(Cl)cc5s4)C3c3cccc(OCc4ccccc4)c3)oc12. The number of hydrogen-bond acceptors (Lipinski definition) is 8. The van der Waals surface area contributed by atoms with Crippen molar-refractivity contribution in [2.24, 2.45) is 0 Å². The summed E-state index contributed by atoms with van der Waals surface area (Å²) in [6.07, 6.45) is 0. The van der Waals surface area contributed by atoms with Gasteiger partial charge >= 0.3 is 0 Å². The van der Waals surface area contributed by atoms with E-state index in [1.807, 2.05) is 30.3 Å². The molecule has 8 nitrogen and oxygen atoms in total. The van der Waals surface area contributed by atoms with Gasteiger partial charge < -0.3 is 19.0 Å². The van der Waals surface area contributed by atoms with Crippen molar-refractivity contribution in [3.8, 4) is 11.5 Å². The Morgan fingerprint density at radius 2 is 1.84 bits per heavy atom. The van der Waals surface area contributed by atoms with Crippen molar-refractivity contribution >= 4 is 60.9 Å². The number of nitrogens with zero attached hydrogens (tertiary/aromatic N) is 2. The number of thiazole rings is 1. The Bertz CT molecular complexity index is 2100. The van der Waals surface area contributed by atoms with E-state index in [1.165, 1.54) is 23.3 Å². The van der Waals surface area contributed by atoms with Crippen molar-refractivity contribution in [3.05, 3.63) is 130 Å². The Morgan fingerprint density at radius 3 is 2.66 bits per heavy atom. The van der Waals surface area contributed by atoms with Crippen LogP contribution >= 0.6 is 22.9 Å². The van der Waals surface area contributed by atoms with Crippen LogP contribution in [-0.2, 0) is 11.4 Å². The largest absolute Gasteiger partial charge is 0.503 e. The first kappa shape index (κ1) is 27.7. The molecule has 6 aromatic rings. The number of methoxy groups -OCH3 is 1. The van der Waals surface area contributed by atoms with Crippen LogP contribution in [0.2, 0.25) is 5.02 Å². The summed E-state index contributed by atoms with van der Waals surface area (Å²) in [5.41, 5.74) is 2.41. The molecule has 218 valence electrons. The zero-order chi connectivity index (χ0) is 30.4. The van der Waals surface area contributed by atoms with Gasteiger partial charge in [0.25, 0.3) is 5.91 Å². The van der Waals surface area contributed by atoms with Gasteiger partial charge in [-0.1, -0.05) is 77.5 Å². The van der Waals surface area contributed by atoms with Crippen LogP contribution in [0.25, 0.3) is 21.2 Å². The van der Waals surface area contributed by atoms with Gasteiger partial charge in [0, 0.05) is 10.4 Å². The highest BCUT2D eigenvalue weighted by molar-refractivity contribution is 7.22. The molecule has 2 aromatic heterocycles. The summed E-state index contributed by atoms with van der Waals surface area (Å²) in [5, 5.41) is 12.8. The second-order valence-electron chi connectivity index (χ2n) is 10.1. The molecule has 4 aromatic carbocycles. The Kier molecular flexibility index (Phi) is 7.04. The van der Waals surface area contributed by atoms with Gasteiger partial charge in [-0.3, -0.25) is 14.5 Å². The molecule has 0 radical (unpaired) electrons. The first-order valence-electron chi connectivity index (χ1n) is 13.6.